The minimum Gasteiger partial charge on any atom is -0.383 e. The summed E-state index contributed by atoms with van der Waals surface area (Å²) in [4.78, 5) is 8.88. The Morgan fingerprint density at radius 1 is 1.50 bits per heavy atom. The van der Waals surface area contributed by atoms with E-state index in [4.69, 9.17) is 4.74 Å². The molecule has 22 heavy (non-hydrogen) atoms. The average molecular weight is 303 g/mol. The van der Waals surface area contributed by atoms with Gasteiger partial charge in [-0.15, -0.1) is 0 Å². The quantitative estimate of drug-likeness (QED) is 0.625. The summed E-state index contributed by atoms with van der Waals surface area (Å²) in [6.45, 7) is 5.56. The molecule has 0 aromatic carbocycles. The molecule has 0 aliphatic carbocycles. The number of aliphatic imine (C=N–C) groups is 1. The van der Waals surface area contributed by atoms with E-state index in [1.165, 1.54) is 5.56 Å². The van der Waals surface area contributed by atoms with Crippen molar-refractivity contribution in [2.24, 2.45) is 4.99 Å². The first-order valence-electron chi connectivity index (χ1n) is 7.53. The third-order valence-corrected chi connectivity index (χ3v) is 3.42. The molecule has 2 aromatic rings. The van der Waals surface area contributed by atoms with Crippen molar-refractivity contribution in [1.82, 2.24) is 20.0 Å². The van der Waals surface area contributed by atoms with Gasteiger partial charge in [0, 0.05) is 45.6 Å². The third kappa shape index (κ3) is 4.21. The van der Waals surface area contributed by atoms with Crippen molar-refractivity contribution in [3.63, 3.8) is 0 Å². The van der Waals surface area contributed by atoms with Crippen LogP contribution in [0, 0.1) is 6.92 Å². The molecule has 2 N–H and O–H groups in total. The van der Waals surface area contributed by atoms with Crippen LogP contribution in [-0.4, -0.2) is 48.7 Å². The van der Waals surface area contributed by atoms with Crippen molar-refractivity contribution in [1.29, 1.82) is 0 Å². The maximum atomic E-state index is 5.11. The molecular formula is C16H25N5O. The van der Waals surface area contributed by atoms with Crippen LogP contribution in [0.15, 0.2) is 29.5 Å². The van der Waals surface area contributed by atoms with Crippen molar-refractivity contribution in [3.05, 3.63) is 35.8 Å². The SMILES string of the molecule is CN=C(NCCc1cn2cccc(C)c2n1)NC(C)COC. The average Bonchev–Trinajstić information content (AvgIpc) is 2.91. The number of hydrogen-bond donors (Lipinski definition) is 2. The number of aryl methyl sites for hydroxylation is 1. The molecule has 6 heteroatoms. The lowest BCUT2D eigenvalue weighted by Gasteiger charge is -2.16. The molecule has 0 bridgehead atoms. The normalized spacial score (nSPS) is 13.4. The summed E-state index contributed by atoms with van der Waals surface area (Å²) in [5, 5.41) is 6.58. The predicted molar refractivity (Wildman–Crippen MR) is 89.5 cm³/mol. The zero-order valence-corrected chi connectivity index (χ0v) is 13.8. The van der Waals surface area contributed by atoms with Crippen LogP contribution in [0.4, 0.5) is 0 Å². The van der Waals surface area contributed by atoms with E-state index in [-0.39, 0.29) is 6.04 Å². The zero-order chi connectivity index (χ0) is 15.9. The van der Waals surface area contributed by atoms with Gasteiger partial charge in [0.2, 0.25) is 0 Å². The largest absolute Gasteiger partial charge is 0.383 e. The molecule has 0 aliphatic rings. The molecular weight excluding hydrogens is 278 g/mol. The van der Waals surface area contributed by atoms with Gasteiger partial charge in [-0.25, -0.2) is 4.98 Å². The number of rotatable bonds is 6. The van der Waals surface area contributed by atoms with Crippen LogP contribution >= 0.6 is 0 Å². The second-order valence-corrected chi connectivity index (χ2v) is 5.40. The van der Waals surface area contributed by atoms with E-state index in [2.05, 4.69) is 51.1 Å². The highest BCUT2D eigenvalue weighted by Gasteiger charge is 2.06. The maximum Gasteiger partial charge on any atom is 0.191 e. The molecule has 6 nitrogen and oxygen atoms in total. The van der Waals surface area contributed by atoms with E-state index in [0.717, 1.165) is 30.3 Å². The van der Waals surface area contributed by atoms with Gasteiger partial charge in [-0.3, -0.25) is 4.99 Å². The van der Waals surface area contributed by atoms with E-state index in [0.29, 0.717) is 6.61 Å². The number of hydrogen-bond acceptors (Lipinski definition) is 3. The first-order valence-corrected chi connectivity index (χ1v) is 7.53. The summed E-state index contributed by atoms with van der Waals surface area (Å²) in [5.74, 6) is 0.782. The second-order valence-electron chi connectivity index (χ2n) is 5.40. The summed E-state index contributed by atoms with van der Waals surface area (Å²) in [7, 11) is 3.46. The van der Waals surface area contributed by atoms with Crippen LogP contribution < -0.4 is 10.6 Å². The van der Waals surface area contributed by atoms with Crippen LogP contribution in [0.3, 0.4) is 0 Å². The number of methoxy groups -OCH3 is 1. The minimum atomic E-state index is 0.217. The predicted octanol–water partition coefficient (Wildman–Crippen LogP) is 1.39. The van der Waals surface area contributed by atoms with E-state index in [1.807, 2.05) is 12.3 Å². The molecule has 0 saturated carbocycles. The molecule has 0 fully saturated rings. The number of guanidine groups is 1. The molecule has 1 unspecified atom stereocenters. The highest BCUT2D eigenvalue weighted by atomic mass is 16.5. The lowest BCUT2D eigenvalue weighted by atomic mass is 10.3. The van der Waals surface area contributed by atoms with Gasteiger partial charge in [-0.05, 0) is 25.5 Å². The highest BCUT2D eigenvalue weighted by molar-refractivity contribution is 5.79. The van der Waals surface area contributed by atoms with E-state index < -0.39 is 0 Å². The fraction of sp³-hybridized carbons (Fsp3) is 0.500. The Morgan fingerprint density at radius 3 is 3.00 bits per heavy atom. The smallest absolute Gasteiger partial charge is 0.191 e. The van der Waals surface area contributed by atoms with Crippen LogP contribution in [0.2, 0.25) is 0 Å². The molecule has 1 atom stereocenters. The zero-order valence-electron chi connectivity index (χ0n) is 13.8. The lowest BCUT2D eigenvalue weighted by Crippen LogP contribution is -2.44. The van der Waals surface area contributed by atoms with E-state index in [9.17, 15) is 0 Å². The van der Waals surface area contributed by atoms with Crippen molar-refractivity contribution in [3.8, 4) is 0 Å². The van der Waals surface area contributed by atoms with Crippen molar-refractivity contribution < 1.29 is 4.74 Å². The van der Waals surface area contributed by atoms with Crippen molar-refractivity contribution >= 4 is 11.6 Å². The molecule has 0 saturated heterocycles. The molecule has 0 spiro atoms. The fourth-order valence-corrected chi connectivity index (χ4v) is 2.35. The van der Waals surface area contributed by atoms with Gasteiger partial charge in [-0.2, -0.15) is 0 Å². The van der Waals surface area contributed by atoms with Crippen molar-refractivity contribution in [2.75, 3.05) is 27.3 Å². The monoisotopic (exact) mass is 303 g/mol. The van der Waals surface area contributed by atoms with E-state index in [1.54, 1.807) is 14.2 Å². The Kier molecular flexibility index (Phi) is 5.77. The Labute approximate surface area is 131 Å². The van der Waals surface area contributed by atoms with Gasteiger partial charge in [0.15, 0.2) is 5.96 Å². The van der Waals surface area contributed by atoms with Gasteiger partial charge in [-0.1, -0.05) is 6.07 Å². The molecule has 2 heterocycles. The van der Waals surface area contributed by atoms with E-state index >= 15 is 0 Å². The van der Waals surface area contributed by atoms with Gasteiger partial charge >= 0.3 is 0 Å². The third-order valence-electron chi connectivity index (χ3n) is 3.42. The Hall–Kier alpha value is -2.08. The maximum absolute atomic E-state index is 5.11. The number of fused-ring (bicyclic) bond motifs is 1. The van der Waals surface area contributed by atoms with Gasteiger partial charge in [0.25, 0.3) is 0 Å². The number of aromatic nitrogens is 2. The van der Waals surface area contributed by atoms with Gasteiger partial charge in [0.1, 0.15) is 5.65 Å². The topological polar surface area (TPSA) is 63.0 Å². The number of imidazole rings is 1. The first-order chi connectivity index (χ1) is 10.6. The van der Waals surface area contributed by atoms with Crippen LogP contribution in [-0.2, 0) is 11.2 Å². The molecule has 0 radical (unpaired) electrons. The Balaban J connectivity index is 1.87. The second kappa shape index (κ2) is 7.79. The molecule has 0 aliphatic heterocycles. The highest BCUT2D eigenvalue weighted by Crippen LogP contribution is 2.09. The fourth-order valence-electron chi connectivity index (χ4n) is 2.35. The standard InChI is InChI=1S/C16H25N5O/c1-12-6-5-9-21-10-14(20-15(12)21)7-8-18-16(17-3)19-13(2)11-22-4/h5-6,9-10,13H,7-8,11H2,1-4H3,(H2,17,18,19). The summed E-state index contributed by atoms with van der Waals surface area (Å²) in [6.07, 6.45) is 4.95. The molecule has 120 valence electrons. The summed E-state index contributed by atoms with van der Waals surface area (Å²) < 4.78 is 7.18. The van der Waals surface area contributed by atoms with Crippen LogP contribution in [0.25, 0.3) is 5.65 Å². The summed E-state index contributed by atoms with van der Waals surface area (Å²) >= 11 is 0. The number of pyridine rings is 1. The number of nitrogens with one attached hydrogen (secondary N) is 2. The summed E-state index contributed by atoms with van der Waals surface area (Å²) in [5.41, 5.74) is 3.28. The van der Waals surface area contributed by atoms with Gasteiger partial charge in [0.05, 0.1) is 12.3 Å². The minimum absolute atomic E-state index is 0.217. The van der Waals surface area contributed by atoms with Gasteiger partial charge < -0.3 is 19.8 Å². The molecule has 2 aromatic heterocycles. The van der Waals surface area contributed by atoms with Crippen LogP contribution in [0.5, 0.6) is 0 Å². The van der Waals surface area contributed by atoms with Crippen LogP contribution in [0.1, 0.15) is 18.2 Å². The van der Waals surface area contributed by atoms with Crippen molar-refractivity contribution in [2.45, 2.75) is 26.3 Å². The lowest BCUT2D eigenvalue weighted by molar-refractivity contribution is 0.179. The first kappa shape index (κ1) is 16.3. The molecule has 0 amide bonds. The molecule has 2 rings (SSSR count). The number of nitrogens with zero attached hydrogens (tertiary/aromatic N) is 3. The Bertz CT molecular complexity index is 634. The summed E-state index contributed by atoms with van der Waals surface area (Å²) in [6, 6.07) is 4.33. The number of ether oxygens (including phenoxy) is 1. The Morgan fingerprint density at radius 2 is 2.32 bits per heavy atom.